The SMILES string of the molecule is C=C(/C=C1\C(=NC)NC(C2CC2)=C1C1CC1)CCCCn1cc(C(=O)NCc2ccc(C(C)C)nc2)nn1. The lowest BCUT2D eigenvalue weighted by atomic mass is 9.97. The molecule has 0 aromatic carbocycles. The van der Waals surface area contributed by atoms with Gasteiger partial charge in [0.15, 0.2) is 5.69 Å². The molecule has 2 saturated carbocycles. The van der Waals surface area contributed by atoms with Gasteiger partial charge < -0.3 is 10.6 Å². The van der Waals surface area contributed by atoms with Crippen molar-refractivity contribution in [1.29, 1.82) is 0 Å². The molecule has 5 rings (SSSR count). The third-order valence-electron chi connectivity index (χ3n) is 7.43. The number of aromatic nitrogens is 4. The number of amidine groups is 1. The van der Waals surface area contributed by atoms with Crippen LogP contribution in [-0.2, 0) is 13.1 Å². The molecule has 2 N–H and O–H groups in total. The molecule has 8 heteroatoms. The van der Waals surface area contributed by atoms with Crippen LogP contribution in [0.1, 0.15) is 86.5 Å². The van der Waals surface area contributed by atoms with Crippen molar-refractivity contribution in [3.63, 3.8) is 0 Å². The number of nitrogens with zero attached hydrogens (tertiary/aromatic N) is 5. The molecule has 0 unspecified atom stereocenters. The predicted molar refractivity (Wildman–Crippen MR) is 150 cm³/mol. The average Bonchev–Trinajstić information content (AvgIpc) is 3.85. The van der Waals surface area contributed by atoms with E-state index in [1.807, 2.05) is 25.4 Å². The lowest BCUT2D eigenvalue weighted by Gasteiger charge is -2.07. The molecule has 1 amide bonds. The smallest absolute Gasteiger partial charge is 0.273 e. The van der Waals surface area contributed by atoms with Gasteiger partial charge in [-0.25, -0.2) is 0 Å². The number of hydrogen-bond acceptors (Lipinski definition) is 5. The largest absolute Gasteiger partial charge is 0.346 e. The number of aryl methyl sites for hydroxylation is 1. The first-order valence-corrected chi connectivity index (χ1v) is 13.9. The molecule has 0 bridgehead atoms. The van der Waals surface area contributed by atoms with Gasteiger partial charge in [0.05, 0.1) is 6.20 Å². The second kappa shape index (κ2) is 11.5. The van der Waals surface area contributed by atoms with Crippen molar-refractivity contribution < 1.29 is 4.79 Å². The van der Waals surface area contributed by atoms with Crippen molar-refractivity contribution in [1.82, 2.24) is 30.6 Å². The zero-order chi connectivity index (χ0) is 26.6. The van der Waals surface area contributed by atoms with E-state index in [2.05, 4.69) is 57.4 Å². The van der Waals surface area contributed by atoms with Gasteiger partial charge in [-0.05, 0) is 86.0 Å². The van der Waals surface area contributed by atoms with Gasteiger partial charge in [0.2, 0.25) is 0 Å². The Balaban J connectivity index is 1.08. The third kappa shape index (κ3) is 6.29. The molecule has 2 aromatic rings. The number of hydrogen-bond donors (Lipinski definition) is 2. The quantitative estimate of drug-likeness (QED) is 0.386. The first-order valence-electron chi connectivity index (χ1n) is 13.9. The molecule has 0 spiro atoms. The lowest BCUT2D eigenvalue weighted by molar-refractivity contribution is 0.0945. The van der Waals surface area contributed by atoms with Gasteiger partial charge in [-0.15, -0.1) is 5.10 Å². The summed E-state index contributed by atoms with van der Waals surface area (Å²) in [6, 6.07) is 4.00. The molecule has 3 heterocycles. The Morgan fingerprint density at radius 3 is 2.68 bits per heavy atom. The molecule has 2 aromatic heterocycles. The van der Waals surface area contributed by atoms with Crippen LogP contribution in [0.3, 0.4) is 0 Å². The average molecular weight is 514 g/mol. The molecule has 2 fully saturated rings. The maximum Gasteiger partial charge on any atom is 0.273 e. The first kappa shape index (κ1) is 26.1. The molecule has 1 aliphatic heterocycles. The van der Waals surface area contributed by atoms with Crippen molar-refractivity contribution in [2.75, 3.05) is 7.05 Å². The summed E-state index contributed by atoms with van der Waals surface area (Å²) in [5.41, 5.74) is 7.66. The van der Waals surface area contributed by atoms with Crippen LogP contribution >= 0.6 is 0 Å². The van der Waals surface area contributed by atoms with Crippen molar-refractivity contribution in [2.45, 2.75) is 77.8 Å². The standard InChI is InChI=1S/C30H39N7O/c1-19(2)25-13-8-21(16-32-25)17-33-30(38)26-18-37(36-35-26)14-6-5-7-20(3)15-24-27(22-9-10-22)28(23-11-12-23)34-29(24)31-4/h8,13,15-16,18-19,22-23H,3,5-7,9-12,14,17H2,1-2,4H3,(H,31,34)(H,33,38)/b24-15-. The summed E-state index contributed by atoms with van der Waals surface area (Å²) in [4.78, 5) is 21.5. The Hall–Kier alpha value is -3.55. The van der Waals surface area contributed by atoms with Crippen LogP contribution in [-0.4, -0.2) is 38.8 Å². The third-order valence-corrected chi connectivity index (χ3v) is 7.43. The van der Waals surface area contributed by atoms with Crippen molar-refractivity contribution in [2.24, 2.45) is 16.8 Å². The number of allylic oxidation sites excluding steroid dienone is 3. The van der Waals surface area contributed by atoms with Gasteiger partial charge in [-0.3, -0.25) is 19.5 Å². The maximum atomic E-state index is 12.5. The molecule has 0 saturated heterocycles. The van der Waals surface area contributed by atoms with Gasteiger partial charge in [-0.1, -0.05) is 37.3 Å². The van der Waals surface area contributed by atoms with E-state index < -0.39 is 0 Å². The summed E-state index contributed by atoms with van der Waals surface area (Å²) in [7, 11) is 1.87. The zero-order valence-corrected chi connectivity index (χ0v) is 22.8. The van der Waals surface area contributed by atoms with Crippen LogP contribution in [0.4, 0.5) is 0 Å². The highest BCUT2D eigenvalue weighted by atomic mass is 16.2. The summed E-state index contributed by atoms with van der Waals surface area (Å²) in [6.45, 7) is 9.69. The van der Waals surface area contributed by atoms with E-state index in [9.17, 15) is 4.79 Å². The normalized spacial score (nSPS) is 19.5. The van der Waals surface area contributed by atoms with Crippen molar-refractivity contribution >= 4 is 11.7 Å². The number of carbonyl (C=O) groups is 1. The van der Waals surface area contributed by atoms with E-state index in [0.717, 1.165) is 41.9 Å². The molecule has 38 heavy (non-hydrogen) atoms. The summed E-state index contributed by atoms with van der Waals surface area (Å²) >= 11 is 0. The number of unbranched alkanes of at least 4 members (excludes halogenated alkanes) is 1. The number of rotatable bonds is 12. The van der Waals surface area contributed by atoms with E-state index in [0.29, 0.717) is 36.5 Å². The van der Waals surface area contributed by atoms with E-state index in [4.69, 9.17) is 0 Å². The monoisotopic (exact) mass is 513 g/mol. The van der Waals surface area contributed by atoms with Crippen LogP contribution in [0, 0.1) is 11.8 Å². The van der Waals surface area contributed by atoms with Gasteiger partial charge in [-0.2, -0.15) is 0 Å². The van der Waals surface area contributed by atoms with E-state index in [1.165, 1.54) is 42.5 Å². The Labute approximate surface area is 225 Å². The fourth-order valence-electron chi connectivity index (χ4n) is 4.93. The molecule has 8 nitrogen and oxygen atoms in total. The van der Waals surface area contributed by atoms with E-state index in [-0.39, 0.29) is 5.91 Å². The minimum atomic E-state index is -0.229. The minimum Gasteiger partial charge on any atom is -0.346 e. The summed E-state index contributed by atoms with van der Waals surface area (Å²) in [5, 5.41) is 14.7. The Bertz CT molecular complexity index is 1270. The molecule has 0 atom stereocenters. The minimum absolute atomic E-state index is 0.229. The number of carbonyl (C=O) groups excluding carboxylic acids is 1. The fourth-order valence-corrected chi connectivity index (χ4v) is 4.93. The Morgan fingerprint density at radius 1 is 1.24 bits per heavy atom. The summed E-state index contributed by atoms with van der Waals surface area (Å²) < 4.78 is 1.74. The Morgan fingerprint density at radius 2 is 2.03 bits per heavy atom. The van der Waals surface area contributed by atoms with Gasteiger partial charge in [0.1, 0.15) is 5.84 Å². The van der Waals surface area contributed by atoms with Crippen LogP contribution in [0.15, 0.2) is 64.6 Å². The Kier molecular flexibility index (Phi) is 7.86. The highest BCUT2D eigenvalue weighted by molar-refractivity contribution is 6.07. The van der Waals surface area contributed by atoms with Crippen molar-refractivity contribution in [3.8, 4) is 0 Å². The molecular weight excluding hydrogens is 474 g/mol. The summed E-state index contributed by atoms with van der Waals surface area (Å²) in [6.07, 6.45) is 13.8. The van der Waals surface area contributed by atoms with Crippen LogP contribution in [0.5, 0.6) is 0 Å². The topological polar surface area (TPSA) is 97.1 Å². The molecular formula is C30H39N7O. The van der Waals surface area contributed by atoms with Gasteiger partial charge in [0, 0.05) is 43.3 Å². The van der Waals surface area contributed by atoms with Crippen LogP contribution in [0.2, 0.25) is 0 Å². The number of nitrogens with one attached hydrogen (secondary N) is 2. The molecule has 3 aliphatic rings. The zero-order valence-electron chi connectivity index (χ0n) is 22.8. The number of aliphatic imine (C=N–C) groups is 1. The molecule has 2 aliphatic carbocycles. The fraction of sp³-hybridized carbons (Fsp3) is 0.500. The second-order valence-corrected chi connectivity index (χ2v) is 11.0. The number of pyridine rings is 1. The van der Waals surface area contributed by atoms with E-state index >= 15 is 0 Å². The first-order chi connectivity index (χ1) is 18.4. The lowest BCUT2D eigenvalue weighted by Crippen LogP contribution is -2.23. The highest BCUT2D eigenvalue weighted by Crippen LogP contribution is 2.49. The summed E-state index contributed by atoms with van der Waals surface area (Å²) in [5.74, 6) is 2.55. The van der Waals surface area contributed by atoms with E-state index in [1.54, 1.807) is 10.9 Å². The second-order valence-electron chi connectivity index (χ2n) is 11.0. The number of amides is 1. The highest BCUT2D eigenvalue weighted by Gasteiger charge is 2.41. The molecule has 0 radical (unpaired) electrons. The van der Waals surface area contributed by atoms with Gasteiger partial charge >= 0.3 is 0 Å². The van der Waals surface area contributed by atoms with Crippen molar-refractivity contribution in [3.05, 3.63) is 76.5 Å². The maximum absolute atomic E-state index is 12.5. The van der Waals surface area contributed by atoms with Crippen LogP contribution < -0.4 is 10.6 Å². The predicted octanol–water partition coefficient (Wildman–Crippen LogP) is 5.09. The molecule has 200 valence electrons. The van der Waals surface area contributed by atoms with Gasteiger partial charge in [0.25, 0.3) is 5.91 Å². The van der Waals surface area contributed by atoms with Crippen LogP contribution in [0.25, 0.3) is 0 Å².